The molecule has 1 saturated heterocycles. The van der Waals surface area contributed by atoms with Crippen LogP contribution in [-0.4, -0.2) is 73.0 Å². The molecule has 1 amide bonds. The van der Waals surface area contributed by atoms with Gasteiger partial charge in [-0.2, -0.15) is 5.10 Å². The topological polar surface area (TPSA) is 75.0 Å². The molecule has 8 nitrogen and oxygen atoms in total. The zero-order chi connectivity index (χ0) is 16.7. The third kappa shape index (κ3) is 5.62. The van der Waals surface area contributed by atoms with Crippen LogP contribution in [0.4, 0.5) is 5.69 Å². The number of amides is 1. The molecule has 9 heteroatoms. The molecule has 0 spiro atoms. The van der Waals surface area contributed by atoms with Crippen LogP contribution in [-0.2, 0) is 16.6 Å². The van der Waals surface area contributed by atoms with Crippen molar-refractivity contribution in [3.8, 4) is 0 Å². The number of piperazine rings is 1. The van der Waals surface area contributed by atoms with Crippen molar-refractivity contribution >= 4 is 41.5 Å². The van der Waals surface area contributed by atoms with Gasteiger partial charge in [0.15, 0.2) is 5.96 Å². The SMILES string of the molecule is CCOCCCNC(=NC)N1CCN(c2cnn(C)c2)C(=O)C1.I. The second-order valence-electron chi connectivity index (χ2n) is 5.36. The van der Waals surface area contributed by atoms with Gasteiger partial charge >= 0.3 is 0 Å². The lowest BCUT2D eigenvalue weighted by molar-refractivity contribution is -0.120. The van der Waals surface area contributed by atoms with Gasteiger partial charge in [-0.25, -0.2) is 0 Å². The predicted octanol–water partition coefficient (Wildman–Crippen LogP) is 0.689. The molecule has 2 heterocycles. The van der Waals surface area contributed by atoms with Crippen LogP contribution in [0.25, 0.3) is 0 Å². The Kier molecular flexibility index (Phi) is 9.04. The molecule has 0 atom stereocenters. The number of carbonyl (C=O) groups excluding carboxylic acids is 1. The number of nitrogens with zero attached hydrogens (tertiary/aromatic N) is 5. The van der Waals surface area contributed by atoms with Crippen molar-refractivity contribution < 1.29 is 9.53 Å². The highest BCUT2D eigenvalue weighted by Gasteiger charge is 2.27. The van der Waals surface area contributed by atoms with E-state index < -0.39 is 0 Å². The van der Waals surface area contributed by atoms with E-state index in [1.54, 1.807) is 22.8 Å². The van der Waals surface area contributed by atoms with Crippen molar-refractivity contribution in [1.29, 1.82) is 0 Å². The van der Waals surface area contributed by atoms with Crippen LogP contribution in [0.1, 0.15) is 13.3 Å². The first-order valence-electron chi connectivity index (χ1n) is 7.98. The van der Waals surface area contributed by atoms with E-state index in [2.05, 4.69) is 15.4 Å². The van der Waals surface area contributed by atoms with Gasteiger partial charge in [-0.1, -0.05) is 0 Å². The quantitative estimate of drug-likeness (QED) is 0.299. The van der Waals surface area contributed by atoms with Crippen LogP contribution < -0.4 is 10.2 Å². The van der Waals surface area contributed by atoms with Crippen LogP contribution in [0.5, 0.6) is 0 Å². The van der Waals surface area contributed by atoms with Gasteiger partial charge in [0.2, 0.25) is 5.91 Å². The van der Waals surface area contributed by atoms with Crippen LogP contribution >= 0.6 is 24.0 Å². The van der Waals surface area contributed by atoms with E-state index in [4.69, 9.17) is 4.74 Å². The first kappa shape index (κ1) is 20.7. The first-order valence-corrected chi connectivity index (χ1v) is 7.98. The van der Waals surface area contributed by atoms with E-state index in [-0.39, 0.29) is 29.9 Å². The van der Waals surface area contributed by atoms with Crippen molar-refractivity contribution in [1.82, 2.24) is 20.0 Å². The van der Waals surface area contributed by atoms with Crippen LogP contribution in [0.3, 0.4) is 0 Å². The smallest absolute Gasteiger partial charge is 0.246 e. The molecule has 1 fully saturated rings. The lowest BCUT2D eigenvalue weighted by atomic mass is 10.3. The molecule has 2 rings (SSSR count). The van der Waals surface area contributed by atoms with Crippen molar-refractivity contribution in [2.24, 2.45) is 12.0 Å². The molecule has 1 aliphatic rings. The highest BCUT2D eigenvalue weighted by atomic mass is 127. The number of aromatic nitrogens is 2. The molecule has 136 valence electrons. The molecule has 24 heavy (non-hydrogen) atoms. The van der Waals surface area contributed by atoms with Crippen molar-refractivity contribution in [2.75, 3.05) is 51.3 Å². The first-order chi connectivity index (χ1) is 11.2. The molecule has 1 aromatic rings. The van der Waals surface area contributed by atoms with Gasteiger partial charge in [-0.3, -0.25) is 14.5 Å². The summed E-state index contributed by atoms with van der Waals surface area (Å²) in [6.45, 7) is 5.92. The molecule has 1 N–H and O–H groups in total. The molecule has 0 aliphatic carbocycles. The largest absolute Gasteiger partial charge is 0.382 e. The van der Waals surface area contributed by atoms with Gasteiger partial charge in [0.25, 0.3) is 0 Å². The van der Waals surface area contributed by atoms with E-state index in [0.29, 0.717) is 13.1 Å². The summed E-state index contributed by atoms with van der Waals surface area (Å²) in [7, 11) is 3.58. The third-order valence-corrected chi connectivity index (χ3v) is 3.69. The predicted molar refractivity (Wildman–Crippen MR) is 105 cm³/mol. The van der Waals surface area contributed by atoms with Crippen molar-refractivity contribution in [3.05, 3.63) is 12.4 Å². The maximum absolute atomic E-state index is 12.4. The Morgan fingerprint density at radius 1 is 1.46 bits per heavy atom. The minimum absolute atomic E-state index is 0. The minimum Gasteiger partial charge on any atom is -0.382 e. The maximum atomic E-state index is 12.4. The molecular weight excluding hydrogens is 423 g/mol. The molecule has 0 aromatic carbocycles. The van der Waals surface area contributed by atoms with Crippen molar-refractivity contribution in [2.45, 2.75) is 13.3 Å². The van der Waals surface area contributed by atoms with Crippen molar-refractivity contribution in [3.63, 3.8) is 0 Å². The second kappa shape index (κ2) is 10.5. The Morgan fingerprint density at radius 2 is 2.25 bits per heavy atom. The van der Waals surface area contributed by atoms with Crippen LogP contribution in [0, 0.1) is 0 Å². The van der Waals surface area contributed by atoms with Gasteiger partial charge in [0.05, 0.1) is 11.9 Å². The summed E-state index contributed by atoms with van der Waals surface area (Å²) in [5.74, 6) is 0.821. The number of anilines is 1. The fraction of sp³-hybridized carbons (Fsp3) is 0.667. The molecular formula is C15H27IN6O2. The number of ether oxygens (including phenoxy) is 1. The number of carbonyl (C=O) groups is 1. The summed E-state index contributed by atoms with van der Waals surface area (Å²) in [4.78, 5) is 20.4. The number of nitrogens with one attached hydrogen (secondary N) is 1. The fourth-order valence-corrected chi connectivity index (χ4v) is 2.53. The number of hydrogen-bond donors (Lipinski definition) is 1. The summed E-state index contributed by atoms with van der Waals surface area (Å²) >= 11 is 0. The number of guanidine groups is 1. The molecule has 0 unspecified atom stereocenters. The number of aryl methyl sites for hydroxylation is 1. The molecule has 1 aromatic heterocycles. The van der Waals surface area contributed by atoms with E-state index >= 15 is 0 Å². The zero-order valence-electron chi connectivity index (χ0n) is 14.6. The van der Waals surface area contributed by atoms with E-state index in [0.717, 1.165) is 44.4 Å². The lowest BCUT2D eigenvalue weighted by Gasteiger charge is -2.35. The van der Waals surface area contributed by atoms with Gasteiger partial charge in [-0.15, -0.1) is 24.0 Å². The molecule has 0 radical (unpaired) electrons. The number of aliphatic imine (C=N–C) groups is 1. The Hall–Kier alpha value is -1.36. The number of halogens is 1. The zero-order valence-corrected chi connectivity index (χ0v) is 16.9. The Labute approximate surface area is 160 Å². The average molecular weight is 450 g/mol. The van der Waals surface area contributed by atoms with E-state index in [1.165, 1.54) is 0 Å². The molecule has 0 bridgehead atoms. The van der Waals surface area contributed by atoms with Gasteiger partial charge in [0, 0.05) is 53.1 Å². The summed E-state index contributed by atoms with van der Waals surface area (Å²) < 4.78 is 7.02. The highest BCUT2D eigenvalue weighted by Crippen LogP contribution is 2.15. The Morgan fingerprint density at radius 3 is 2.83 bits per heavy atom. The van der Waals surface area contributed by atoms with E-state index in [9.17, 15) is 4.79 Å². The highest BCUT2D eigenvalue weighted by molar-refractivity contribution is 14.0. The minimum atomic E-state index is 0. The lowest BCUT2D eigenvalue weighted by Crippen LogP contribution is -2.55. The fourth-order valence-electron chi connectivity index (χ4n) is 2.53. The van der Waals surface area contributed by atoms with Crippen LogP contribution in [0.2, 0.25) is 0 Å². The molecule has 1 aliphatic heterocycles. The maximum Gasteiger partial charge on any atom is 0.246 e. The number of hydrogen-bond acceptors (Lipinski definition) is 4. The standard InChI is InChI=1S/C15H26N6O2.HI/c1-4-23-9-5-6-17-15(16-2)20-7-8-21(14(22)12-20)13-10-18-19(3)11-13;/h10-11H,4-9,12H2,1-3H3,(H,16,17);1H. The summed E-state index contributed by atoms with van der Waals surface area (Å²) in [6.07, 6.45) is 4.49. The Bertz CT molecular complexity index is 548. The van der Waals surface area contributed by atoms with E-state index in [1.807, 2.05) is 25.1 Å². The summed E-state index contributed by atoms with van der Waals surface area (Å²) in [5, 5.41) is 7.41. The number of rotatable bonds is 6. The normalized spacial score (nSPS) is 15.5. The average Bonchev–Trinajstić information content (AvgIpc) is 2.97. The summed E-state index contributed by atoms with van der Waals surface area (Å²) in [5.41, 5.74) is 0.844. The monoisotopic (exact) mass is 450 g/mol. The third-order valence-electron chi connectivity index (χ3n) is 3.69. The second-order valence-corrected chi connectivity index (χ2v) is 5.36. The molecule has 0 saturated carbocycles. The summed E-state index contributed by atoms with van der Waals surface area (Å²) in [6, 6.07) is 0. The van der Waals surface area contributed by atoms with Crippen LogP contribution in [0.15, 0.2) is 17.4 Å². The van der Waals surface area contributed by atoms with Gasteiger partial charge in [0.1, 0.15) is 6.54 Å². The van der Waals surface area contributed by atoms with Gasteiger partial charge < -0.3 is 19.9 Å². The van der Waals surface area contributed by atoms with Gasteiger partial charge in [-0.05, 0) is 13.3 Å². The Balaban J connectivity index is 0.00000288.